The summed E-state index contributed by atoms with van der Waals surface area (Å²) in [7, 11) is -3.82. The van der Waals surface area contributed by atoms with Gasteiger partial charge in [-0.3, -0.25) is 0 Å². The standard InChI is InChI=1S/C19H26N2O5S/c1-19(2,3)26-18(22)14-25-13-16-9-6-7-11-21(16)27(23,24)17-10-5-4-8-15(17)12-20/h4-5,8,10,16H,6-7,9,11,13-14H2,1-3H3/t16-/m1/s1. The zero-order chi connectivity index (χ0) is 20.1. The second kappa shape index (κ2) is 8.83. The minimum Gasteiger partial charge on any atom is -0.458 e. The van der Waals surface area contributed by atoms with E-state index >= 15 is 0 Å². The molecule has 1 atom stereocenters. The van der Waals surface area contributed by atoms with Crippen molar-refractivity contribution in [3.05, 3.63) is 29.8 Å². The molecule has 8 heteroatoms. The van der Waals surface area contributed by atoms with Crippen LogP contribution in [0, 0.1) is 11.3 Å². The van der Waals surface area contributed by atoms with Gasteiger partial charge in [0.05, 0.1) is 17.1 Å². The second-order valence-corrected chi connectivity index (χ2v) is 9.33. The third kappa shape index (κ3) is 5.76. The highest BCUT2D eigenvalue weighted by Gasteiger charge is 2.35. The quantitative estimate of drug-likeness (QED) is 0.688. The predicted molar refractivity (Wildman–Crippen MR) is 99.4 cm³/mol. The molecule has 27 heavy (non-hydrogen) atoms. The Kier molecular flexibility index (Phi) is 6.98. The predicted octanol–water partition coefficient (Wildman–Crippen LogP) is 2.46. The summed E-state index contributed by atoms with van der Waals surface area (Å²) < 4.78 is 38.2. The van der Waals surface area contributed by atoms with Crippen LogP contribution in [-0.4, -0.2) is 50.1 Å². The number of nitriles is 1. The van der Waals surface area contributed by atoms with Crippen LogP contribution in [0.5, 0.6) is 0 Å². The molecule has 1 aliphatic rings. The molecule has 7 nitrogen and oxygen atoms in total. The maximum Gasteiger partial charge on any atom is 0.332 e. The number of sulfonamides is 1. The third-order valence-corrected chi connectivity index (χ3v) is 6.13. The fraction of sp³-hybridized carbons (Fsp3) is 0.579. The summed E-state index contributed by atoms with van der Waals surface area (Å²) in [4.78, 5) is 11.8. The Morgan fingerprint density at radius 3 is 2.67 bits per heavy atom. The molecule has 1 aromatic rings. The summed E-state index contributed by atoms with van der Waals surface area (Å²) in [6.45, 7) is 5.55. The van der Waals surface area contributed by atoms with Gasteiger partial charge in [-0.2, -0.15) is 9.57 Å². The van der Waals surface area contributed by atoms with Crippen LogP contribution < -0.4 is 0 Å². The molecule has 0 unspecified atom stereocenters. The minimum absolute atomic E-state index is 0.00606. The lowest BCUT2D eigenvalue weighted by atomic mass is 10.1. The summed E-state index contributed by atoms with van der Waals surface area (Å²) in [6.07, 6.45) is 2.27. The molecule has 0 aliphatic carbocycles. The van der Waals surface area contributed by atoms with Gasteiger partial charge in [-0.25, -0.2) is 13.2 Å². The number of hydrogen-bond acceptors (Lipinski definition) is 6. The first kappa shape index (κ1) is 21.4. The maximum absolute atomic E-state index is 13.1. The molecule has 0 N–H and O–H groups in total. The number of rotatable bonds is 6. The van der Waals surface area contributed by atoms with Gasteiger partial charge in [-0.15, -0.1) is 0 Å². The van der Waals surface area contributed by atoms with Crippen LogP contribution in [0.1, 0.15) is 45.6 Å². The first-order valence-electron chi connectivity index (χ1n) is 8.96. The van der Waals surface area contributed by atoms with Crippen LogP contribution in [-0.2, 0) is 24.3 Å². The Bertz CT molecular complexity index is 808. The molecule has 148 valence electrons. The monoisotopic (exact) mass is 394 g/mol. The zero-order valence-electron chi connectivity index (χ0n) is 16.0. The molecular formula is C19H26N2O5S. The number of carbonyl (C=O) groups excluding carboxylic acids is 1. The molecule has 2 rings (SSSR count). The van der Waals surface area contributed by atoms with Gasteiger partial charge < -0.3 is 9.47 Å². The molecule has 0 saturated carbocycles. The molecule has 1 fully saturated rings. The summed E-state index contributed by atoms with van der Waals surface area (Å²) in [5, 5.41) is 9.23. The van der Waals surface area contributed by atoms with E-state index < -0.39 is 21.6 Å². The molecule has 1 heterocycles. The van der Waals surface area contributed by atoms with E-state index in [-0.39, 0.29) is 29.7 Å². The average Bonchev–Trinajstić information content (AvgIpc) is 2.60. The van der Waals surface area contributed by atoms with E-state index in [0.717, 1.165) is 12.8 Å². The Morgan fingerprint density at radius 1 is 1.30 bits per heavy atom. The van der Waals surface area contributed by atoms with Crippen molar-refractivity contribution in [2.75, 3.05) is 19.8 Å². The highest BCUT2D eigenvalue weighted by atomic mass is 32.2. The first-order chi connectivity index (χ1) is 12.6. The summed E-state index contributed by atoms with van der Waals surface area (Å²) in [5.74, 6) is -0.484. The lowest BCUT2D eigenvalue weighted by Crippen LogP contribution is -2.46. The molecule has 0 radical (unpaired) electrons. The lowest BCUT2D eigenvalue weighted by molar-refractivity contribution is -0.160. The topological polar surface area (TPSA) is 96.7 Å². The Hall–Kier alpha value is -1.95. The smallest absolute Gasteiger partial charge is 0.332 e. The number of carbonyl (C=O) groups is 1. The van der Waals surface area contributed by atoms with E-state index in [2.05, 4.69) is 0 Å². The van der Waals surface area contributed by atoms with Crippen molar-refractivity contribution >= 4 is 16.0 Å². The minimum atomic E-state index is -3.82. The maximum atomic E-state index is 13.1. The fourth-order valence-corrected chi connectivity index (χ4v) is 4.84. The van der Waals surface area contributed by atoms with Crippen molar-refractivity contribution in [1.82, 2.24) is 4.31 Å². The van der Waals surface area contributed by atoms with Crippen LogP contribution in [0.4, 0.5) is 0 Å². The van der Waals surface area contributed by atoms with Gasteiger partial charge in [0.1, 0.15) is 18.3 Å². The van der Waals surface area contributed by atoms with Gasteiger partial charge >= 0.3 is 5.97 Å². The van der Waals surface area contributed by atoms with E-state index in [9.17, 15) is 18.5 Å². The Balaban J connectivity index is 2.08. The van der Waals surface area contributed by atoms with Crippen LogP contribution in [0.15, 0.2) is 29.2 Å². The van der Waals surface area contributed by atoms with Gasteiger partial charge in [-0.1, -0.05) is 18.6 Å². The summed E-state index contributed by atoms with van der Waals surface area (Å²) in [6, 6.07) is 7.73. The third-order valence-electron chi connectivity index (χ3n) is 4.12. The van der Waals surface area contributed by atoms with Gasteiger partial charge in [0.15, 0.2) is 0 Å². The van der Waals surface area contributed by atoms with Crippen LogP contribution in [0.2, 0.25) is 0 Å². The van der Waals surface area contributed by atoms with Crippen molar-refractivity contribution in [1.29, 1.82) is 5.26 Å². The van der Waals surface area contributed by atoms with E-state index in [0.29, 0.717) is 13.0 Å². The molecule has 0 amide bonds. The van der Waals surface area contributed by atoms with Crippen LogP contribution in [0.3, 0.4) is 0 Å². The number of benzene rings is 1. The number of ether oxygens (including phenoxy) is 2. The molecule has 0 bridgehead atoms. The van der Waals surface area contributed by atoms with Crippen molar-refractivity contribution in [2.24, 2.45) is 0 Å². The number of nitrogens with zero attached hydrogens (tertiary/aromatic N) is 2. The SMILES string of the molecule is CC(C)(C)OC(=O)COC[C@H]1CCCCN1S(=O)(=O)c1ccccc1C#N. The Labute approximate surface area is 160 Å². The van der Waals surface area contributed by atoms with Crippen LogP contribution in [0.25, 0.3) is 0 Å². The lowest BCUT2D eigenvalue weighted by Gasteiger charge is -2.34. The summed E-state index contributed by atoms with van der Waals surface area (Å²) in [5.41, 5.74) is -0.474. The second-order valence-electron chi connectivity index (χ2n) is 7.47. The van der Waals surface area contributed by atoms with Crippen molar-refractivity contribution < 1.29 is 22.7 Å². The zero-order valence-corrected chi connectivity index (χ0v) is 16.8. The fourth-order valence-electron chi connectivity index (χ4n) is 3.02. The normalized spacial score (nSPS) is 18.7. The van der Waals surface area contributed by atoms with Gasteiger partial charge in [0.2, 0.25) is 10.0 Å². The number of esters is 1. The van der Waals surface area contributed by atoms with Crippen LogP contribution >= 0.6 is 0 Å². The molecule has 1 aromatic carbocycles. The number of piperidine rings is 1. The van der Waals surface area contributed by atoms with E-state index in [1.807, 2.05) is 6.07 Å². The molecule has 1 saturated heterocycles. The Morgan fingerprint density at radius 2 is 2.00 bits per heavy atom. The van der Waals surface area contributed by atoms with E-state index in [1.165, 1.54) is 16.4 Å². The molecule has 0 spiro atoms. The van der Waals surface area contributed by atoms with Gasteiger partial charge in [-0.05, 0) is 45.7 Å². The molecule has 1 aliphatic heterocycles. The highest BCUT2D eigenvalue weighted by Crippen LogP contribution is 2.27. The first-order valence-corrected chi connectivity index (χ1v) is 10.4. The van der Waals surface area contributed by atoms with Crippen molar-refractivity contribution in [3.63, 3.8) is 0 Å². The summed E-state index contributed by atoms with van der Waals surface area (Å²) >= 11 is 0. The van der Waals surface area contributed by atoms with E-state index in [4.69, 9.17) is 9.47 Å². The van der Waals surface area contributed by atoms with Gasteiger partial charge in [0, 0.05) is 12.6 Å². The van der Waals surface area contributed by atoms with Crippen molar-refractivity contribution in [2.45, 2.75) is 56.6 Å². The highest BCUT2D eigenvalue weighted by molar-refractivity contribution is 7.89. The molecular weight excluding hydrogens is 368 g/mol. The molecule has 0 aromatic heterocycles. The van der Waals surface area contributed by atoms with Crippen molar-refractivity contribution in [3.8, 4) is 6.07 Å². The largest absolute Gasteiger partial charge is 0.458 e. The average molecular weight is 394 g/mol. The number of hydrogen-bond donors (Lipinski definition) is 0. The van der Waals surface area contributed by atoms with Gasteiger partial charge in [0.25, 0.3) is 0 Å². The van der Waals surface area contributed by atoms with E-state index in [1.54, 1.807) is 32.9 Å².